The second-order valence-electron chi connectivity index (χ2n) is 6.88. The molecule has 1 fully saturated rings. The zero-order valence-corrected chi connectivity index (χ0v) is 16.2. The Morgan fingerprint density at radius 3 is 2.30 bits per heavy atom. The van der Waals surface area contributed by atoms with Gasteiger partial charge in [0.25, 0.3) is 10.0 Å². The molecule has 144 valence electrons. The maximum absolute atomic E-state index is 12.5. The van der Waals surface area contributed by atoms with E-state index in [2.05, 4.69) is 15.4 Å². The summed E-state index contributed by atoms with van der Waals surface area (Å²) >= 11 is 0. The van der Waals surface area contributed by atoms with Crippen LogP contribution in [-0.4, -0.2) is 20.5 Å². The quantitative estimate of drug-likeness (QED) is 0.717. The summed E-state index contributed by atoms with van der Waals surface area (Å²) in [5, 5.41) is 5.73. The van der Waals surface area contributed by atoms with Crippen LogP contribution < -0.4 is 15.4 Å². The number of benzene rings is 2. The van der Waals surface area contributed by atoms with Gasteiger partial charge in [-0.05, 0) is 55.7 Å². The van der Waals surface area contributed by atoms with Gasteiger partial charge in [-0.25, -0.2) is 13.2 Å². The van der Waals surface area contributed by atoms with Crippen LogP contribution in [0.15, 0.2) is 53.4 Å². The average molecular weight is 388 g/mol. The lowest BCUT2D eigenvalue weighted by molar-refractivity contribution is 0.244. The van der Waals surface area contributed by atoms with Crippen LogP contribution in [0.25, 0.3) is 0 Å². The number of rotatable bonds is 5. The monoisotopic (exact) mass is 387 g/mol. The molecule has 3 rings (SSSR count). The maximum atomic E-state index is 12.5. The summed E-state index contributed by atoms with van der Waals surface area (Å²) in [6.07, 6.45) is 5.54. The van der Waals surface area contributed by atoms with E-state index in [1.165, 1.54) is 18.6 Å². The van der Waals surface area contributed by atoms with Gasteiger partial charge in [-0.2, -0.15) is 0 Å². The first-order chi connectivity index (χ1) is 12.9. The van der Waals surface area contributed by atoms with E-state index in [4.69, 9.17) is 0 Å². The molecule has 0 aromatic heterocycles. The van der Waals surface area contributed by atoms with Gasteiger partial charge in [0.1, 0.15) is 0 Å². The molecule has 3 N–H and O–H groups in total. The molecule has 0 saturated heterocycles. The standard InChI is InChI=1S/C20H25N3O3S/c1-15-7-5-6-10-19(15)23-27(25,26)18-13-11-17(12-14-18)22-20(24)21-16-8-3-2-4-9-16/h5-7,10-14,16,23H,2-4,8-9H2,1H3,(H2,21,22,24). The predicted octanol–water partition coefficient (Wildman–Crippen LogP) is 4.25. The summed E-state index contributed by atoms with van der Waals surface area (Å²) in [6.45, 7) is 1.84. The number of anilines is 2. The minimum absolute atomic E-state index is 0.143. The van der Waals surface area contributed by atoms with Crippen molar-refractivity contribution in [3.63, 3.8) is 0 Å². The molecule has 2 amide bonds. The van der Waals surface area contributed by atoms with Crippen LogP contribution in [0.1, 0.15) is 37.7 Å². The van der Waals surface area contributed by atoms with Crippen molar-refractivity contribution in [2.24, 2.45) is 0 Å². The number of nitrogens with one attached hydrogen (secondary N) is 3. The van der Waals surface area contributed by atoms with Crippen LogP contribution in [0.3, 0.4) is 0 Å². The largest absolute Gasteiger partial charge is 0.335 e. The van der Waals surface area contributed by atoms with Gasteiger partial charge in [0, 0.05) is 11.7 Å². The van der Waals surface area contributed by atoms with Crippen molar-refractivity contribution in [2.45, 2.75) is 50.0 Å². The van der Waals surface area contributed by atoms with Gasteiger partial charge >= 0.3 is 6.03 Å². The molecule has 0 radical (unpaired) electrons. The van der Waals surface area contributed by atoms with Crippen LogP contribution in [0.2, 0.25) is 0 Å². The van der Waals surface area contributed by atoms with Gasteiger partial charge < -0.3 is 10.6 Å². The summed E-state index contributed by atoms with van der Waals surface area (Å²) in [5.74, 6) is 0. The van der Waals surface area contributed by atoms with Gasteiger partial charge in [-0.15, -0.1) is 0 Å². The fourth-order valence-corrected chi connectivity index (χ4v) is 4.34. The van der Waals surface area contributed by atoms with E-state index in [-0.39, 0.29) is 17.0 Å². The minimum atomic E-state index is -3.68. The van der Waals surface area contributed by atoms with Crippen molar-refractivity contribution >= 4 is 27.4 Å². The lowest BCUT2D eigenvalue weighted by Crippen LogP contribution is -2.39. The third-order valence-electron chi connectivity index (χ3n) is 4.75. The fourth-order valence-electron chi connectivity index (χ4n) is 3.21. The van der Waals surface area contributed by atoms with Crippen molar-refractivity contribution in [1.82, 2.24) is 5.32 Å². The van der Waals surface area contributed by atoms with E-state index < -0.39 is 10.0 Å². The lowest BCUT2D eigenvalue weighted by Gasteiger charge is -2.22. The number of sulfonamides is 1. The van der Waals surface area contributed by atoms with E-state index >= 15 is 0 Å². The first kappa shape index (κ1) is 19.2. The number of amides is 2. The molecule has 1 saturated carbocycles. The fraction of sp³-hybridized carbons (Fsp3) is 0.350. The molecule has 1 aliphatic carbocycles. The van der Waals surface area contributed by atoms with Crippen LogP contribution in [0, 0.1) is 6.92 Å². The Hall–Kier alpha value is -2.54. The second kappa shape index (κ2) is 8.43. The highest BCUT2D eigenvalue weighted by molar-refractivity contribution is 7.92. The molecule has 27 heavy (non-hydrogen) atoms. The lowest BCUT2D eigenvalue weighted by atomic mass is 9.96. The molecular weight excluding hydrogens is 362 g/mol. The molecular formula is C20H25N3O3S. The average Bonchev–Trinajstić information content (AvgIpc) is 2.65. The number of urea groups is 1. The van der Waals surface area contributed by atoms with E-state index in [0.29, 0.717) is 11.4 Å². The molecule has 0 unspecified atom stereocenters. The molecule has 0 heterocycles. The van der Waals surface area contributed by atoms with Gasteiger partial charge in [-0.3, -0.25) is 4.72 Å². The molecule has 6 nitrogen and oxygen atoms in total. The van der Waals surface area contributed by atoms with Crippen molar-refractivity contribution in [1.29, 1.82) is 0 Å². The zero-order chi connectivity index (χ0) is 19.3. The van der Waals surface area contributed by atoms with E-state index in [9.17, 15) is 13.2 Å². The highest BCUT2D eigenvalue weighted by atomic mass is 32.2. The van der Waals surface area contributed by atoms with Gasteiger partial charge in [0.15, 0.2) is 0 Å². The number of carbonyl (C=O) groups is 1. The normalized spacial score (nSPS) is 15.1. The Kier molecular flexibility index (Phi) is 6.01. The summed E-state index contributed by atoms with van der Waals surface area (Å²) in [6, 6.07) is 13.3. The number of aryl methyl sites for hydroxylation is 1. The number of para-hydroxylation sites is 1. The Morgan fingerprint density at radius 1 is 0.963 bits per heavy atom. The third-order valence-corrected chi connectivity index (χ3v) is 6.13. The molecule has 0 atom stereocenters. The van der Waals surface area contributed by atoms with Crippen LogP contribution >= 0.6 is 0 Å². The number of hydrogen-bond donors (Lipinski definition) is 3. The Morgan fingerprint density at radius 2 is 1.63 bits per heavy atom. The number of hydrogen-bond acceptors (Lipinski definition) is 3. The van der Waals surface area contributed by atoms with Gasteiger partial charge in [-0.1, -0.05) is 37.5 Å². The number of carbonyl (C=O) groups excluding carboxylic acids is 1. The molecule has 0 aliphatic heterocycles. The third kappa shape index (κ3) is 5.23. The van der Waals surface area contributed by atoms with E-state index in [0.717, 1.165) is 31.2 Å². The first-order valence-corrected chi connectivity index (χ1v) is 10.7. The topological polar surface area (TPSA) is 87.3 Å². The SMILES string of the molecule is Cc1ccccc1NS(=O)(=O)c1ccc(NC(=O)NC2CCCCC2)cc1. The predicted molar refractivity (Wildman–Crippen MR) is 107 cm³/mol. The van der Waals surface area contributed by atoms with E-state index in [1.54, 1.807) is 24.3 Å². The molecule has 7 heteroatoms. The molecule has 1 aliphatic rings. The Balaban J connectivity index is 1.62. The van der Waals surface area contributed by atoms with Crippen molar-refractivity contribution in [3.8, 4) is 0 Å². The summed E-state index contributed by atoms with van der Waals surface area (Å²) in [7, 11) is -3.68. The summed E-state index contributed by atoms with van der Waals surface area (Å²) in [5.41, 5.74) is 1.95. The highest BCUT2D eigenvalue weighted by Gasteiger charge is 2.17. The Labute approximate surface area is 160 Å². The summed E-state index contributed by atoms with van der Waals surface area (Å²) in [4.78, 5) is 12.2. The van der Waals surface area contributed by atoms with Crippen molar-refractivity contribution < 1.29 is 13.2 Å². The maximum Gasteiger partial charge on any atom is 0.319 e. The Bertz CT molecular complexity index is 889. The summed E-state index contributed by atoms with van der Waals surface area (Å²) < 4.78 is 27.7. The van der Waals surface area contributed by atoms with Crippen molar-refractivity contribution in [2.75, 3.05) is 10.0 Å². The first-order valence-electron chi connectivity index (χ1n) is 9.20. The van der Waals surface area contributed by atoms with Gasteiger partial charge in [0.2, 0.25) is 0 Å². The molecule has 0 spiro atoms. The van der Waals surface area contributed by atoms with Gasteiger partial charge in [0.05, 0.1) is 10.6 Å². The highest BCUT2D eigenvalue weighted by Crippen LogP contribution is 2.21. The second-order valence-corrected chi connectivity index (χ2v) is 8.56. The van der Waals surface area contributed by atoms with Crippen molar-refractivity contribution in [3.05, 3.63) is 54.1 Å². The van der Waals surface area contributed by atoms with E-state index in [1.807, 2.05) is 19.1 Å². The molecule has 0 bridgehead atoms. The smallest absolute Gasteiger partial charge is 0.319 e. The molecule has 2 aromatic carbocycles. The minimum Gasteiger partial charge on any atom is -0.335 e. The zero-order valence-electron chi connectivity index (χ0n) is 15.4. The van der Waals surface area contributed by atoms with Crippen LogP contribution in [0.5, 0.6) is 0 Å². The molecule has 2 aromatic rings. The van der Waals surface area contributed by atoms with Crippen LogP contribution in [0.4, 0.5) is 16.2 Å². The van der Waals surface area contributed by atoms with Crippen LogP contribution in [-0.2, 0) is 10.0 Å².